The number of halogens is 2. The van der Waals surface area contributed by atoms with E-state index >= 15 is 0 Å². The Hall–Kier alpha value is -2.24. The molecule has 0 fully saturated rings. The van der Waals surface area contributed by atoms with Crippen LogP contribution >= 0.6 is 23.2 Å². The molecular weight excluding hydrogens is 375 g/mol. The molecule has 7 heteroatoms. The molecule has 26 heavy (non-hydrogen) atoms. The number of esters is 1. The van der Waals surface area contributed by atoms with Gasteiger partial charge >= 0.3 is 5.97 Å². The summed E-state index contributed by atoms with van der Waals surface area (Å²) in [5.41, 5.74) is 2.11. The van der Waals surface area contributed by atoms with Crippen LogP contribution in [0.25, 0.3) is 0 Å². The van der Waals surface area contributed by atoms with E-state index in [1.807, 2.05) is 25.1 Å². The number of anilines is 1. The number of rotatable bonds is 6. The zero-order valence-electron chi connectivity index (χ0n) is 14.8. The highest BCUT2D eigenvalue weighted by Crippen LogP contribution is 2.23. The SMILES string of the molecule is CN(Cc1ccc(Cl)c(Cl)c1)C(=O)COC(=O)c1cccc(N(C)C)c1. The van der Waals surface area contributed by atoms with Crippen LogP contribution in [0, 0.1) is 0 Å². The molecule has 0 saturated carbocycles. The number of carbonyl (C=O) groups is 2. The predicted octanol–water partition coefficient (Wildman–Crippen LogP) is 3.87. The minimum atomic E-state index is -0.537. The molecule has 138 valence electrons. The topological polar surface area (TPSA) is 49.9 Å². The van der Waals surface area contributed by atoms with E-state index < -0.39 is 5.97 Å². The second kappa shape index (κ2) is 8.92. The van der Waals surface area contributed by atoms with Gasteiger partial charge in [0.25, 0.3) is 5.91 Å². The number of hydrogen-bond donors (Lipinski definition) is 0. The van der Waals surface area contributed by atoms with Crippen LogP contribution < -0.4 is 4.90 Å². The van der Waals surface area contributed by atoms with Crippen molar-refractivity contribution in [1.29, 1.82) is 0 Å². The largest absolute Gasteiger partial charge is 0.452 e. The highest BCUT2D eigenvalue weighted by molar-refractivity contribution is 6.42. The van der Waals surface area contributed by atoms with Crippen molar-refractivity contribution in [3.8, 4) is 0 Å². The fourth-order valence-corrected chi connectivity index (χ4v) is 2.55. The average molecular weight is 395 g/mol. The third-order valence-electron chi connectivity index (χ3n) is 3.75. The fourth-order valence-electron chi connectivity index (χ4n) is 2.23. The van der Waals surface area contributed by atoms with E-state index in [0.29, 0.717) is 22.2 Å². The molecule has 5 nitrogen and oxygen atoms in total. The molecule has 1 amide bonds. The van der Waals surface area contributed by atoms with Crippen LogP contribution in [0.5, 0.6) is 0 Å². The summed E-state index contributed by atoms with van der Waals surface area (Å²) in [5, 5.41) is 0.885. The van der Waals surface area contributed by atoms with E-state index in [4.69, 9.17) is 27.9 Å². The predicted molar refractivity (Wildman–Crippen MR) is 104 cm³/mol. The van der Waals surface area contributed by atoms with E-state index in [0.717, 1.165) is 11.3 Å². The van der Waals surface area contributed by atoms with Crippen LogP contribution in [0.2, 0.25) is 10.0 Å². The Morgan fingerprint density at radius 3 is 2.38 bits per heavy atom. The van der Waals surface area contributed by atoms with Gasteiger partial charge in [0.1, 0.15) is 0 Å². The van der Waals surface area contributed by atoms with Crippen LogP contribution in [-0.4, -0.2) is 44.5 Å². The third-order valence-corrected chi connectivity index (χ3v) is 4.49. The van der Waals surface area contributed by atoms with E-state index in [2.05, 4.69) is 0 Å². The smallest absolute Gasteiger partial charge is 0.338 e. The molecule has 0 heterocycles. The summed E-state index contributed by atoms with van der Waals surface area (Å²) in [4.78, 5) is 27.7. The molecule has 0 saturated heterocycles. The van der Waals surface area contributed by atoms with Gasteiger partial charge in [-0.2, -0.15) is 0 Å². The average Bonchev–Trinajstić information content (AvgIpc) is 2.62. The van der Waals surface area contributed by atoms with Crippen molar-refractivity contribution in [1.82, 2.24) is 4.90 Å². The number of nitrogens with zero attached hydrogens (tertiary/aromatic N) is 2. The maximum absolute atomic E-state index is 12.2. The first kappa shape index (κ1) is 20.1. The van der Waals surface area contributed by atoms with E-state index in [1.54, 1.807) is 43.4 Å². The molecule has 0 N–H and O–H groups in total. The molecule has 0 aromatic heterocycles. The van der Waals surface area contributed by atoms with Gasteiger partial charge in [0.05, 0.1) is 15.6 Å². The Balaban J connectivity index is 1.91. The molecule has 0 unspecified atom stereocenters. The van der Waals surface area contributed by atoms with Crippen molar-refractivity contribution < 1.29 is 14.3 Å². The molecule has 0 bridgehead atoms. The van der Waals surface area contributed by atoms with Gasteiger partial charge in [-0.15, -0.1) is 0 Å². The number of amides is 1. The van der Waals surface area contributed by atoms with Crippen molar-refractivity contribution in [2.45, 2.75) is 6.54 Å². The number of hydrogen-bond acceptors (Lipinski definition) is 4. The molecule has 0 aliphatic heterocycles. The van der Waals surface area contributed by atoms with E-state index in [9.17, 15) is 9.59 Å². The van der Waals surface area contributed by atoms with E-state index in [1.165, 1.54) is 4.90 Å². The van der Waals surface area contributed by atoms with Gasteiger partial charge in [-0.05, 0) is 35.9 Å². The molecular formula is C19H20Cl2N2O3. The molecule has 2 aromatic carbocycles. The first-order valence-corrected chi connectivity index (χ1v) is 8.66. The van der Waals surface area contributed by atoms with Crippen molar-refractivity contribution >= 4 is 40.8 Å². The lowest BCUT2D eigenvalue weighted by atomic mass is 10.2. The highest BCUT2D eigenvalue weighted by atomic mass is 35.5. The van der Waals surface area contributed by atoms with Crippen LogP contribution in [0.3, 0.4) is 0 Å². The number of likely N-dealkylation sites (N-methyl/N-ethyl adjacent to an activating group) is 1. The molecule has 0 atom stereocenters. The quantitative estimate of drug-likeness (QED) is 0.697. The second-order valence-electron chi connectivity index (χ2n) is 6.02. The van der Waals surface area contributed by atoms with Crippen LogP contribution in [-0.2, 0) is 16.1 Å². The molecule has 0 radical (unpaired) electrons. The van der Waals surface area contributed by atoms with Gasteiger partial charge in [0.15, 0.2) is 6.61 Å². The van der Waals surface area contributed by atoms with Crippen molar-refractivity contribution in [3.05, 3.63) is 63.6 Å². The Kier molecular flexibility index (Phi) is 6.89. The lowest BCUT2D eigenvalue weighted by Crippen LogP contribution is -2.30. The minimum absolute atomic E-state index is 0.312. The summed E-state index contributed by atoms with van der Waals surface area (Å²) >= 11 is 11.9. The Bertz CT molecular complexity index is 809. The summed E-state index contributed by atoms with van der Waals surface area (Å²) in [6.45, 7) is 0.00618. The zero-order valence-corrected chi connectivity index (χ0v) is 16.3. The van der Waals surface area contributed by atoms with Gasteiger partial charge in [0, 0.05) is 33.4 Å². The summed E-state index contributed by atoms with van der Waals surface area (Å²) in [6, 6.07) is 12.2. The lowest BCUT2D eigenvalue weighted by Gasteiger charge is -2.18. The van der Waals surface area contributed by atoms with Crippen LogP contribution in [0.4, 0.5) is 5.69 Å². The molecule has 0 spiro atoms. The lowest BCUT2D eigenvalue weighted by molar-refractivity contribution is -0.133. The maximum atomic E-state index is 12.2. The Morgan fingerprint density at radius 1 is 1.00 bits per heavy atom. The van der Waals surface area contributed by atoms with Crippen LogP contribution in [0.15, 0.2) is 42.5 Å². The van der Waals surface area contributed by atoms with E-state index in [-0.39, 0.29) is 12.5 Å². The molecule has 2 rings (SSSR count). The van der Waals surface area contributed by atoms with Gasteiger partial charge in [0.2, 0.25) is 0 Å². The number of benzene rings is 2. The summed E-state index contributed by atoms with van der Waals surface area (Å²) in [7, 11) is 5.39. The van der Waals surface area contributed by atoms with Crippen molar-refractivity contribution in [2.75, 3.05) is 32.6 Å². The highest BCUT2D eigenvalue weighted by Gasteiger charge is 2.15. The van der Waals surface area contributed by atoms with Gasteiger partial charge < -0.3 is 14.5 Å². The minimum Gasteiger partial charge on any atom is -0.452 e. The summed E-state index contributed by atoms with van der Waals surface area (Å²) < 4.78 is 5.13. The van der Waals surface area contributed by atoms with Crippen LogP contribution in [0.1, 0.15) is 15.9 Å². The molecule has 0 aliphatic rings. The van der Waals surface area contributed by atoms with Crippen molar-refractivity contribution in [2.24, 2.45) is 0 Å². The van der Waals surface area contributed by atoms with Gasteiger partial charge in [-0.3, -0.25) is 4.79 Å². The monoisotopic (exact) mass is 394 g/mol. The standard InChI is InChI=1S/C19H20Cl2N2O3/c1-22(2)15-6-4-5-14(10-15)19(25)26-12-18(24)23(3)11-13-7-8-16(20)17(21)9-13/h4-10H,11-12H2,1-3H3. The Labute approximate surface area is 163 Å². The maximum Gasteiger partial charge on any atom is 0.338 e. The molecule has 2 aromatic rings. The van der Waals surface area contributed by atoms with Gasteiger partial charge in [-0.25, -0.2) is 4.79 Å². The third kappa shape index (κ3) is 5.38. The zero-order chi connectivity index (χ0) is 19.3. The normalized spacial score (nSPS) is 10.3. The summed E-state index contributed by atoms with van der Waals surface area (Å²) in [5.74, 6) is -0.849. The van der Waals surface area contributed by atoms with Gasteiger partial charge in [-0.1, -0.05) is 35.3 Å². The number of ether oxygens (including phenoxy) is 1. The number of carbonyl (C=O) groups excluding carboxylic acids is 2. The first-order chi connectivity index (χ1) is 12.3. The first-order valence-electron chi connectivity index (χ1n) is 7.90. The second-order valence-corrected chi connectivity index (χ2v) is 6.83. The fraction of sp³-hybridized carbons (Fsp3) is 0.263. The molecule has 0 aliphatic carbocycles. The summed E-state index contributed by atoms with van der Waals surface area (Å²) in [6.07, 6.45) is 0. The Morgan fingerprint density at radius 2 is 1.73 bits per heavy atom. The van der Waals surface area contributed by atoms with Crippen molar-refractivity contribution in [3.63, 3.8) is 0 Å².